The molecule has 0 amide bonds. The van der Waals surface area contributed by atoms with E-state index in [1.807, 2.05) is 36.4 Å². The summed E-state index contributed by atoms with van der Waals surface area (Å²) in [4.78, 5) is 0. The number of rotatable bonds is 3. The molecule has 0 spiro atoms. The summed E-state index contributed by atoms with van der Waals surface area (Å²) in [6.45, 7) is 4.16. The first-order valence-electron chi connectivity index (χ1n) is 5.74. The van der Waals surface area contributed by atoms with Crippen LogP contribution in [-0.4, -0.2) is 5.11 Å². The maximum absolute atomic E-state index is 9.10. The van der Waals surface area contributed by atoms with Crippen molar-refractivity contribution in [2.45, 2.75) is 20.5 Å². The Morgan fingerprint density at radius 3 is 2.28 bits per heavy atom. The van der Waals surface area contributed by atoms with E-state index in [4.69, 9.17) is 9.84 Å². The van der Waals surface area contributed by atoms with Crippen molar-refractivity contribution < 1.29 is 9.84 Å². The van der Waals surface area contributed by atoms with Gasteiger partial charge in [0, 0.05) is 4.47 Å². The molecule has 0 aliphatic rings. The van der Waals surface area contributed by atoms with E-state index in [2.05, 4.69) is 29.8 Å². The van der Waals surface area contributed by atoms with Gasteiger partial charge in [0.05, 0.1) is 6.61 Å². The van der Waals surface area contributed by atoms with Gasteiger partial charge in [-0.3, -0.25) is 0 Å². The largest absolute Gasteiger partial charge is 0.457 e. The van der Waals surface area contributed by atoms with Crippen LogP contribution in [0.5, 0.6) is 11.5 Å². The summed E-state index contributed by atoms with van der Waals surface area (Å²) in [5, 5.41) is 9.10. The zero-order valence-corrected chi connectivity index (χ0v) is 12.0. The summed E-state index contributed by atoms with van der Waals surface area (Å²) in [6, 6.07) is 11.6. The number of aryl methyl sites for hydroxylation is 2. The molecule has 0 heterocycles. The van der Waals surface area contributed by atoms with Crippen LogP contribution in [0.3, 0.4) is 0 Å². The molecule has 0 atom stereocenters. The number of aliphatic hydroxyl groups is 1. The molecular weight excluding hydrogens is 292 g/mol. The number of halogens is 1. The van der Waals surface area contributed by atoms with Crippen LogP contribution in [0.4, 0.5) is 0 Å². The van der Waals surface area contributed by atoms with Crippen LogP contribution in [-0.2, 0) is 6.61 Å². The van der Waals surface area contributed by atoms with Crippen LogP contribution in [0, 0.1) is 13.8 Å². The van der Waals surface area contributed by atoms with Gasteiger partial charge in [0.2, 0.25) is 0 Å². The molecule has 2 aromatic rings. The lowest BCUT2D eigenvalue weighted by atomic mass is 10.1. The third-order valence-corrected chi connectivity index (χ3v) is 3.65. The molecule has 94 valence electrons. The first kappa shape index (κ1) is 13.1. The second kappa shape index (κ2) is 5.55. The molecule has 3 heteroatoms. The second-order valence-electron chi connectivity index (χ2n) is 4.26. The maximum atomic E-state index is 9.10. The summed E-state index contributed by atoms with van der Waals surface area (Å²) >= 11 is 3.41. The second-order valence-corrected chi connectivity index (χ2v) is 5.11. The molecule has 18 heavy (non-hydrogen) atoms. The van der Waals surface area contributed by atoms with E-state index in [0.29, 0.717) is 0 Å². The average molecular weight is 307 g/mol. The minimum atomic E-state index is 0.0184. The van der Waals surface area contributed by atoms with Gasteiger partial charge < -0.3 is 9.84 Å². The average Bonchev–Trinajstić information content (AvgIpc) is 2.34. The highest BCUT2D eigenvalue weighted by atomic mass is 79.9. The molecule has 0 radical (unpaired) electrons. The van der Waals surface area contributed by atoms with Crippen LogP contribution in [0.1, 0.15) is 16.7 Å². The standard InChI is InChI=1S/C15H15BrO2/c1-10-3-5-13(7-11(10)2)18-14-6-4-12(9-17)15(16)8-14/h3-8,17H,9H2,1-2H3. The highest BCUT2D eigenvalue weighted by Gasteiger charge is 2.03. The SMILES string of the molecule is Cc1ccc(Oc2ccc(CO)c(Br)c2)cc1C. The minimum Gasteiger partial charge on any atom is -0.457 e. The molecule has 2 aromatic carbocycles. The Labute approximate surface area is 115 Å². The molecule has 0 aliphatic carbocycles. The third kappa shape index (κ3) is 2.92. The van der Waals surface area contributed by atoms with Crippen molar-refractivity contribution in [2.75, 3.05) is 0 Å². The highest BCUT2D eigenvalue weighted by Crippen LogP contribution is 2.28. The van der Waals surface area contributed by atoms with E-state index in [-0.39, 0.29) is 6.61 Å². The number of aliphatic hydroxyl groups excluding tert-OH is 1. The quantitative estimate of drug-likeness (QED) is 0.913. The predicted octanol–water partition coefficient (Wildman–Crippen LogP) is 4.35. The molecule has 0 unspecified atom stereocenters. The van der Waals surface area contributed by atoms with Gasteiger partial charge in [0.1, 0.15) is 11.5 Å². The lowest BCUT2D eigenvalue weighted by Gasteiger charge is -2.09. The lowest BCUT2D eigenvalue weighted by Crippen LogP contribution is -1.89. The van der Waals surface area contributed by atoms with E-state index in [1.54, 1.807) is 0 Å². The van der Waals surface area contributed by atoms with E-state index in [1.165, 1.54) is 11.1 Å². The van der Waals surface area contributed by atoms with E-state index in [9.17, 15) is 0 Å². The molecule has 1 N–H and O–H groups in total. The molecule has 0 bridgehead atoms. The number of benzene rings is 2. The normalized spacial score (nSPS) is 10.4. The fourth-order valence-electron chi connectivity index (χ4n) is 1.63. The smallest absolute Gasteiger partial charge is 0.128 e. The summed E-state index contributed by atoms with van der Waals surface area (Å²) < 4.78 is 6.64. The zero-order valence-electron chi connectivity index (χ0n) is 10.4. The van der Waals surface area contributed by atoms with Gasteiger partial charge in [-0.15, -0.1) is 0 Å². The molecule has 2 rings (SSSR count). The van der Waals surface area contributed by atoms with Crippen molar-refractivity contribution in [3.8, 4) is 11.5 Å². The molecule has 0 saturated heterocycles. The van der Waals surface area contributed by atoms with Crippen molar-refractivity contribution in [3.05, 3.63) is 57.6 Å². The van der Waals surface area contributed by atoms with Gasteiger partial charge >= 0.3 is 0 Å². The molecule has 0 fully saturated rings. The van der Waals surface area contributed by atoms with Gasteiger partial charge in [-0.05, 0) is 54.8 Å². The van der Waals surface area contributed by atoms with Crippen LogP contribution >= 0.6 is 15.9 Å². The van der Waals surface area contributed by atoms with Crippen LogP contribution in [0.25, 0.3) is 0 Å². The van der Waals surface area contributed by atoms with Gasteiger partial charge in [0.15, 0.2) is 0 Å². The van der Waals surface area contributed by atoms with Gasteiger partial charge in [0.25, 0.3) is 0 Å². The van der Waals surface area contributed by atoms with Crippen molar-refractivity contribution >= 4 is 15.9 Å². The molecule has 2 nitrogen and oxygen atoms in total. The fraction of sp³-hybridized carbons (Fsp3) is 0.200. The molecular formula is C15H15BrO2. The monoisotopic (exact) mass is 306 g/mol. The summed E-state index contributed by atoms with van der Waals surface area (Å²) in [6.07, 6.45) is 0. The lowest BCUT2D eigenvalue weighted by molar-refractivity contribution is 0.281. The molecule has 0 saturated carbocycles. The molecule has 0 aliphatic heterocycles. The Balaban J connectivity index is 2.23. The van der Waals surface area contributed by atoms with E-state index >= 15 is 0 Å². The van der Waals surface area contributed by atoms with Crippen LogP contribution in [0.2, 0.25) is 0 Å². The first-order valence-corrected chi connectivity index (χ1v) is 6.54. The number of hydrogen-bond acceptors (Lipinski definition) is 2. The summed E-state index contributed by atoms with van der Waals surface area (Å²) in [7, 11) is 0. The first-order chi connectivity index (χ1) is 8.60. The fourth-order valence-corrected chi connectivity index (χ4v) is 2.12. The Kier molecular flexibility index (Phi) is 4.04. The Bertz CT molecular complexity index is 564. The Morgan fingerprint density at radius 1 is 1.00 bits per heavy atom. The number of ether oxygens (including phenoxy) is 1. The third-order valence-electron chi connectivity index (χ3n) is 2.91. The Hall–Kier alpha value is -1.32. The zero-order chi connectivity index (χ0) is 13.1. The summed E-state index contributed by atoms with van der Waals surface area (Å²) in [5.41, 5.74) is 3.31. The minimum absolute atomic E-state index is 0.0184. The summed E-state index contributed by atoms with van der Waals surface area (Å²) in [5.74, 6) is 1.57. The van der Waals surface area contributed by atoms with Crippen LogP contribution < -0.4 is 4.74 Å². The van der Waals surface area contributed by atoms with Crippen molar-refractivity contribution in [1.82, 2.24) is 0 Å². The van der Waals surface area contributed by atoms with E-state index < -0.39 is 0 Å². The van der Waals surface area contributed by atoms with Gasteiger partial charge in [-0.25, -0.2) is 0 Å². The van der Waals surface area contributed by atoms with Gasteiger partial charge in [-0.1, -0.05) is 28.1 Å². The maximum Gasteiger partial charge on any atom is 0.128 e. The Morgan fingerprint density at radius 2 is 1.67 bits per heavy atom. The van der Waals surface area contributed by atoms with Crippen molar-refractivity contribution in [1.29, 1.82) is 0 Å². The van der Waals surface area contributed by atoms with Crippen LogP contribution in [0.15, 0.2) is 40.9 Å². The number of hydrogen-bond donors (Lipinski definition) is 1. The van der Waals surface area contributed by atoms with Gasteiger partial charge in [-0.2, -0.15) is 0 Å². The van der Waals surface area contributed by atoms with Crippen molar-refractivity contribution in [3.63, 3.8) is 0 Å². The van der Waals surface area contributed by atoms with Crippen molar-refractivity contribution in [2.24, 2.45) is 0 Å². The predicted molar refractivity (Wildman–Crippen MR) is 76.1 cm³/mol. The highest BCUT2D eigenvalue weighted by molar-refractivity contribution is 9.10. The van der Waals surface area contributed by atoms with E-state index in [0.717, 1.165) is 21.5 Å². The molecule has 0 aromatic heterocycles. The topological polar surface area (TPSA) is 29.5 Å².